The molecular weight excluding hydrogens is 393 g/mol. The second-order valence-electron chi connectivity index (χ2n) is 4.84. The van der Waals surface area contributed by atoms with Crippen LogP contribution in [0.2, 0.25) is 0 Å². The van der Waals surface area contributed by atoms with Crippen molar-refractivity contribution in [2.45, 2.75) is 76.3 Å². The summed E-state index contributed by atoms with van der Waals surface area (Å²) in [5, 5.41) is 0. The van der Waals surface area contributed by atoms with Gasteiger partial charge in [-0.1, -0.05) is 12.8 Å². The van der Waals surface area contributed by atoms with Crippen molar-refractivity contribution in [3.8, 4) is 0 Å². The third kappa shape index (κ3) is 7.61. The Kier molecular flexibility index (Phi) is 10.7. The van der Waals surface area contributed by atoms with Crippen molar-refractivity contribution in [2.75, 3.05) is 0 Å². The number of nitrogens with zero attached hydrogens (tertiary/aromatic N) is 2. The molecule has 0 aromatic heterocycles. The number of hydrogen-bond donors (Lipinski definition) is 0. The van der Waals surface area contributed by atoms with E-state index in [0.717, 1.165) is 25.7 Å². The van der Waals surface area contributed by atoms with E-state index in [1.165, 1.54) is 38.5 Å². The van der Waals surface area contributed by atoms with Gasteiger partial charge in [0, 0.05) is 48.1 Å². The third-order valence-corrected chi connectivity index (χ3v) is 3.51. The Balaban J connectivity index is 0.000000284. The van der Waals surface area contributed by atoms with Crippen LogP contribution in [-0.2, 0) is 22.4 Å². The van der Waals surface area contributed by atoms with Gasteiger partial charge in [0.05, 0.1) is 0 Å². The largest absolute Gasteiger partial charge is 0.314 e. The van der Waals surface area contributed by atoms with E-state index >= 15 is 0 Å². The topological polar surface area (TPSA) is 8.72 Å². The maximum Gasteiger partial charge on any atom is 0.223 e. The van der Waals surface area contributed by atoms with Gasteiger partial charge in [0.1, 0.15) is 0 Å². The van der Waals surface area contributed by atoms with E-state index in [0.29, 0.717) is 12.1 Å². The zero-order chi connectivity index (χ0) is 11.6. The molecule has 2 fully saturated rings. The molecule has 2 aliphatic carbocycles. The molecule has 17 heavy (non-hydrogen) atoms. The van der Waals surface area contributed by atoms with Crippen LogP contribution in [0.25, 0.3) is 9.69 Å². The van der Waals surface area contributed by atoms with Crippen LogP contribution in [0.5, 0.6) is 0 Å². The predicted molar refractivity (Wildman–Crippen MR) is 67.0 cm³/mol. The van der Waals surface area contributed by atoms with Crippen molar-refractivity contribution in [3.63, 3.8) is 0 Å². The zero-order valence-electron chi connectivity index (χ0n) is 10.4. The summed E-state index contributed by atoms with van der Waals surface area (Å²) in [6.07, 6.45) is 12.5. The molecule has 0 spiro atoms. The van der Waals surface area contributed by atoms with Crippen molar-refractivity contribution in [1.29, 1.82) is 0 Å². The van der Waals surface area contributed by atoms with Crippen LogP contribution in [0.3, 0.4) is 0 Å². The van der Waals surface area contributed by atoms with E-state index < -0.39 is 0 Å². The number of rotatable bonds is 0. The maximum atomic E-state index is 6.72. The smallest absolute Gasteiger partial charge is 0.223 e. The molecule has 0 atom stereocenters. The molecule has 0 bridgehead atoms. The molecule has 0 aliphatic heterocycles. The minimum atomic E-state index is 0. The van der Waals surface area contributed by atoms with Crippen molar-refractivity contribution < 1.29 is 22.4 Å². The molecule has 1 radical (unpaired) electrons. The van der Waals surface area contributed by atoms with E-state index in [1.807, 2.05) is 0 Å². The van der Waals surface area contributed by atoms with Gasteiger partial charge in [-0.3, -0.25) is 0 Å². The maximum absolute atomic E-state index is 6.72. The van der Waals surface area contributed by atoms with Crippen LogP contribution in [0.4, 0.5) is 0 Å². The summed E-state index contributed by atoms with van der Waals surface area (Å²) < 4.78 is 0. The molecule has 2 nitrogen and oxygen atoms in total. The van der Waals surface area contributed by atoms with Crippen molar-refractivity contribution >= 4 is 0 Å². The summed E-state index contributed by atoms with van der Waals surface area (Å²) in [6.45, 7) is 13.4. The minimum absolute atomic E-state index is 0. The Bertz CT molecular complexity index is 224. The zero-order valence-corrected chi connectivity index (χ0v) is 12.6. The van der Waals surface area contributed by atoms with Gasteiger partial charge in [-0.05, 0) is 25.7 Å². The van der Waals surface area contributed by atoms with Crippen molar-refractivity contribution in [3.05, 3.63) is 22.8 Å². The Morgan fingerprint density at radius 1 is 0.588 bits per heavy atom. The molecule has 0 aromatic rings. The Labute approximate surface area is 121 Å². The van der Waals surface area contributed by atoms with Crippen LogP contribution in [0, 0.1) is 13.1 Å². The summed E-state index contributed by atoms with van der Waals surface area (Å²) in [7, 11) is 0. The van der Waals surface area contributed by atoms with Gasteiger partial charge in [-0.25, -0.2) is 13.1 Å². The molecule has 99 valence electrons. The van der Waals surface area contributed by atoms with Crippen LogP contribution in [0.1, 0.15) is 64.2 Å². The second-order valence-corrected chi connectivity index (χ2v) is 4.84. The van der Waals surface area contributed by atoms with E-state index in [2.05, 4.69) is 9.69 Å². The summed E-state index contributed by atoms with van der Waals surface area (Å²) in [5.41, 5.74) is 0. The fourth-order valence-electron chi connectivity index (χ4n) is 2.42. The summed E-state index contributed by atoms with van der Waals surface area (Å²) in [6, 6.07) is 0.757. The van der Waals surface area contributed by atoms with Gasteiger partial charge in [0.15, 0.2) is 0 Å². The minimum Gasteiger partial charge on any atom is -0.314 e. The molecule has 2 rings (SSSR count). The fourth-order valence-corrected chi connectivity index (χ4v) is 2.42. The van der Waals surface area contributed by atoms with Crippen molar-refractivity contribution in [2.24, 2.45) is 0 Å². The van der Waals surface area contributed by atoms with Gasteiger partial charge in [0.2, 0.25) is 12.1 Å². The standard InChI is InChI=1S/2C7H11N.Au/c2*1-8-7-5-3-2-4-6-7;/h2*7H,2-6H2;. The first-order valence-corrected chi connectivity index (χ1v) is 6.60. The van der Waals surface area contributed by atoms with Gasteiger partial charge in [-0.2, -0.15) is 0 Å². The average Bonchev–Trinajstić information content (AvgIpc) is 2.41. The molecule has 2 aliphatic rings. The molecule has 0 N–H and O–H groups in total. The van der Waals surface area contributed by atoms with Crippen molar-refractivity contribution in [1.82, 2.24) is 0 Å². The van der Waals surface area contributed by atoms with Crippen LogP contribution >= 0.6 is 0 Å². The molecule has 0 unspecified atom stereocenters. The Morgan fingerprint density at radius 3 is 1.06 bits per heavy atom. The Morgan fingerprint density at radius 2 is 0.882 bits per heavy atom. The van der Waals surface area contributed by atoms with E-state index in [-0.39, 0.29) is 22.4 Å². The van der Waals surface area contributed by atoms with Crippen LogP contribution in [0.15, 0.2) is 0 Å². The summed E-state index contributed by atoms with van der Waals surface area (Å²) in [5.74, 6) is 0. The summed E-state index contributed by atoms with van der Waals surface area (Å²) in [4.78, 5) is 7.00. The van der Waals surface area contributed by atoms with Gasteiger partial charge >= 0.3 is 0 Å². The normalized spacial score (nSPS) is 21.1. The van der Waals surface area contributed by atoms with Gasteiger partial charge in [0.25, 0.3) is 0 Å². The first-order chi connectivity index (χ1) is 7.86. The first kappa shape index (κ1) is 16.7. The van der Waals surface area contributed by atoms with Crippen LogP contribution in [-0.4, -0.2) is 12.1 Å². The van der Waals surface area contributed by atoms with E-state index in [9.17, 15) is 0 Å². The monoisotopic (exact) mass is 415 g/mol. The second kappa shape index (κ2) is 10.8. The van der Waals surface area contributed by atoms with E-state index in [4.69, 9.17) is 13.1 Å². The fraction of sp³-hybridized carbons (Fsp3) is 0.857. The third-order valence-electron chi connectivity index (χ3n) is 3.51. The molecule has 0 heterocycles. The molecule has 0 aromatic carbocycles. The molecule has 2 saturated carbocycles. The summed E-state index contributed by atoms with van der Waals surface area (Å²) >= 11 is 0. The molecular formula is C14H22AuN2. The Hall–Kier alpha value is -0.280. The molecule has 0 amide bonds. The SMILES string of the molecule is [Au].[C-]#[N+]C1CCCCC1.[C-]#[N+]C1CCCCC1. The quantitative estimate of drug-likeness (QED) is 0.408. The van der Waals surface area contributed by atoms with Gasteiger partial charge < -0.3 is 9.69 Å². The van der Waals surface area contributed by atoms with E-state index in [1.54, 1.807) is 0 Å². The van der Waals surface area contributed by atoms with Crippen LogP contribution < -0.4 is 0 Å². The average molecular weight is 415 g/mol. The number of hydrogen-bond acceptors (Lipinski definition) is 0. The van der Waals surface area contributed by atoms with Gasteiger partial charge in [-0.15, -0.1) is 0 Å². The molecule has 3 heteroatoms. The first-order valence-electron chi connectivity index (χ1n) is 6.60. The molecule has 0 saturated heterocycles. The predicted octanol–water partition coefficient (Wildman–Crippen LogP) is 4.47.